The lowest BCUT2D eigenvalue weighted by Gasteiger charge is -2.13. The summed E-state index contributed by atoms with van der Waals surface area (Å²) in [4.78, 5) is 37.9. The second-order valence-corrected chi connectivity index (χ2v) is 6.57. The van der Waals surface area contributed by atoms with Crippen LogP contribution < -0.4 is 20.1 Å². The molecule has 2 heterocycles. The molecule has 4 rings (SSSR count). The van der Waals surface area contributed by atoms with Crippen LogP contribution in [0, 0.1) is 0 Å². The highest BCUT2D eigenvalue weighted by molar-refractivity contribution is 6.07. The first-order valence-corrected chi connectivity index (χ1v) is 8.95. The monoisotopic (exact) mass is 381 g/mol. The Balaban J connectivity index is 1.33. The standard InChI is InChI=1S/C20H19N3O5/c24-18(21-14-7-9-16-17(10-14)28-12-27-16)11-23-19(25)15(22-20(23)26)8-6-13-4-2-1-3-5-13/h1-5,7,9-10,15H,6,8,11-12H2,(H,21,24)(H,22,26)/t15-/m0/s1. The van der Waals surface area contributed by atoms with E-state index < -0.39 is 18.0 Å². The van der Waals surface area contributed by atoms with Gasteiger partial charge in [-0.3, -0.25) is 14.5 Å². The second-order valence-electron chi connectivity index (χ2n) is 6.57. The summed E-state index contributed by atoms with van der Waals surface area (Å²) < 4.78 is 10.5. The van der Waals surface area contributed by atoms with E-state index in [2.05, 4.69) is 10.6 Å². The van der Waals surface area contributed by atoms with Gasteiger partial charge < -0.3 is 20.1 Å². The van der Waals surface area contributed by atoms with E-state index in [0.717, 1.165) is 10.5 Å². The molecule has 2 N–H and O–H groups in total. The van der Waals surface area contributed by atoms with Gasteiger partial charge in [0.25, 0.3) is 5.91 Å². The number of nitrogens with one attached hydrogen (secondary N) is 2. The number of carbonyl (C=O) groups excluding carboxylic acids is 3. The molecule has 0 aromatic heterocycles. The number of hydrogen-bond acceptors (Lipinski definition) is 5. The smallest absolute Gasteiger partial charge is 0.325 e. The van der Waals surface area contributed by atoms with Gasteiger partial charge in [-0.2, -0.15) is 0 Å². The minimum absolute atomic E-state index is 0.138. The van der Waals surface area contributed by atoms with Crippen molar-refractivity contribution in [3.05, 3.63) is 54.1 Å². The zero-order chi connectivity index (χ0) is 19.5. The molecule has 0 bridgehead atoms. The molecule has 1 saturated heterocycles. The van der Waals surface area contributed by atoms with E-state index in [1.54, 1.807) is 18.2 Å². The van der Waals surface area contributed by atoms with Crippen LogP contribution >= 0.6 is 0 Å². The molecular weight excluding hydrogens is 362 g/mol. The molecule has 0 radical (unpaired) electrons. The van der Waals surface area contributed by atoms with Gasteiger partial charge in [-0.05, 0) is 30.5 Å². The molecular formula is C20H19N3O5. The van der Waals surface area contributed by atoms with Gasteiger partial charge in [0.15, 0.2) is 11.5 Å². The molecule has 8 nitrogen and oxygen atoms in total. The average Bonchev–Trinajstić information content (AvgIpc) is 3.26. The minimum atomic E-state index is -0.619. The summed E-state index contributed by atoms with van der Waals surface area (Å²) in [6.07, 6.45) is 1.14. The van der Waals surface area contributed by atoms with Gasteiger partial charge in [-0.15, -0.1) is 0 Å². The van der Waals surface area contributed by atoms with Gasteiger partial charge in [-0.25, -0.2) is 4.79 Å². The molecule has 28 heavy (non-hydrogen) atoms. The van der Waals surface area contributed by atoms with Gasteiger partial charge in [0.05, 0.1) is 0 Å². The van der Waals surface area contributed by atoms with Crippen molar-refractivity contribution in [2.45, 2.75) is 18.9 Å². The Morgan fingerprint density at radius 2 is 1.89 bits per heavy atom. The first-order valence-electron chi connectivity index (χ1n) is 8.95. The highest BCUT2D eigenvalue weighted by Crippen LogP contribution is 2.34. The van der Waals surface area contributed by atoms with Crippen molar-refractivity contribution in [2.24, 2.45) is 0 Å². The number of rotatable bonds is 6. The third kappa shape index (κ3) is 3.75. The first-order chi connectivity index (χ1) is 13.6. The summed E-state index contributed by atoms with van der Waals surface area (Å²) in [6.45, 7) is -0.208. The van der Waals surface area contributed by atoms with E-state index >= 15 is 0 Å². The number of anilines is 1. The van der Waals surface area contributed by atoms with Crippen molar-refractivity contribution in [1.82, 2.24) is 10.2 Å². The fourth-order valence-electron chi connectivity index (χ4n) is 3.20. The third-order valence-corrected chi connectivity index (χ3v) is 4.63. The number of imide groups is 1. The van der Waals surface area contributed by atoms with Crippen molar-refractivity contribution in [2.75, 3.05) is 18.7 Å². The van der Waals surface area contributed by atoms with Gasteiger partial charge in [0.2, 0.25) is 12.7 Å². The van der Waals surface area contributed by atoms with Gasteiger partial charge in [-0.1, -0.05) is 30.3 Å². The fourth-order valence-corrected chi connectivity index (χ4v) is 3.20. The van der Waals surface area contributed by atoms with Crippen LogP contribution in [0.1, 0.15) is 12.0 Å². The maximum absolute atomic E-state index is 12.5. The Morgan fingerprint density at radius 1 is 1.11 bits per heavy atom. The van der Waals surface area contributed by atoms with Gasteiger partial charge in [0.1, 0.15) is 12.6 Å². The van der Waals surface area contributed by atoms with E-state index in [9.17, 15) is 14.4 Å². The predicted octanol–water partition coefficient (Wildman–Crippen LogP) is 1.91. The largest absolute Gasteiger partial charge is 0.454 e. The molecule has 8 heteroatoms. The van der Waals surface area contributed by atoms with E-state index in [4.69, 9.17) is 9.47 Å². The molecule has 2 aliphatic heterocycles. The SMILES string of the molecule is O=C(CN1C(=O)N[C@@H](CCc2ccccc2)C1=O)Nc1ccc2c(c1)OCO2. The first kappa shape index (κ1) is 17.8. The molecule has 1 fully saturated rings. The number of urea groups is 1. The Kier molecular flexibility index (Phi) is 4.84. The highest BCUT2D eigenvalue weighted by atomic mass is 16.7. The predicted molar refractivity (Wildman–Crippen MR) is 100.0 cm³/mol. The third-order valence-electron chi connectivity index (χ3n) is 4.63. The van der Waals surface area contributed by atoms with Crippen LogP contribution in [0.2, 0.25) is 0 Å². The molecule has 144 valence electrons. The van der Waals surface area contributed by atoms with Crippen molar-refractivity contribution >= 4 is 23.5 Å². The van der Waals surface area contributed by atoms with E-state index in [-0.39, 0.29) is 19.2 Å². The maximum atomic E-state index is 12.5. The molecule has 2 aliphatic rings. The molecule has 4 amide bonds. The number of amides is 4. The zero-order valence-electron chi connectivity index (χ0n) is 15.0. The molecule has 0 spiro atoms. The lowest BCUT2D eigenvalue weighted by molar-refractivity contribution is -0.130. The summed E-state index contributed by atoms with van der Waals surface area (Å²) >= 11 is 0. The van der Waals surface area contributed by atoms with Crippen LogP contribution in [0.25, 0.3) is 0 Å². The number of hydrogen-bond donors (Lipinski definition) is 2. The Labute approximate surface area is 161 Å². The molecule has 0 aliphatic carbocycles. The summed E-state index contributed by atoms with van der Waals surface area (Å²) in [5.41, 5.74) is 1.59. The lowest BCUT2D eigenvalue weighted by Crippen LogP contribution is -2.38. The van der Waals surface area contributed by atoms with Crippen LogP contribution in [0.15, 0.2) is 48.5 Å². The minimum Gasteiger partial charge on any atom is -0.454 e. The van der Waals surface area contributed by atoms with E-state index in [1.807, 2.05) is 30.3 Å². The number of ether oxygens (including phenoxy) is 2. The molecule has 0 saturated carbocycles. The van der Waals surface area contributed by atoms with Crippen LogP contribution in [0.4, 0.5) is 10.5 Å². The molecule has 2 aromatic carbocycles. The summed E-state index contributed by atoms with van der Waals surface area (Å²) in [6, 6.07) is 13.5. The van der Waals surface area contributed by atoms with Gasteiger partial charge in [0, 0.05) is 11.8 Å². The molecule has 1 atom stereocenters. The average molecular weight is 381 g/mol. The molecule has 2 aromatic rings. The van der Waals surface area contributed by atoms with E-state index in [0.29, 0.717) is 30.0 Å². The normalized spacial score (nSPS) is 17.6. The zero-order valence-corrected chi connectivity index (χ0v) is 15.0. The topological polar surface area (TPSA) is 97.0 Å². The van der Waals surface area contributed by atoms with Gasteiger partial charge >= 0.3 is 6.03 Å². The fraction of sp³-hybridized carbons (Fsp3) is 0.250. The van der Waals surface area contributed by atoms with Crippen molar-refractivity contribution in [3.63, 3.8) is 0 Å². The maximum Gasteiger partial charge on any atom is 0.325 e. The number of fused-ring (bicyclic) bond motifs is 1. The van der Waals surface area contributed by atoms with Crippen molar-refractivity contribution in [3.8, 4) is 11.5 Å². The number of benzene rings is 2. The van der Waals surface area contributed by atoms with Crippen LogP contribution in [0.3, 0.4) is 0 Å². The van der Waals surface area contributed by atoms with Crippen LogP contribution in [0.5, 0.6) is 11.5 Å². The highest BCUT2D eigenvalue weighted by Gasteiger charge is 2.38. The second kappa shape index (κ2) is 7.59. The Hall–Kier alpha value is -3.55. The molecule has 0 unspecified atom stereocenters. The van der Waals surface area contributed by atoms with Crippen LogP contribution in [-0.2, 0) is 16.0 Å². The Bertz CT molecular complexity index is 915. The quantitative estimate of drug-likeness (QED) is 0.745. The summed E-state index contributed by atoms with van der Waals surface area (Å²) in [5.74, 6) is 0.287. The number of aryl methyl sites for hydroxylation is 1. The number of carbonyl (C=O) groups is 3. The van der Waals surface area contributed by atoms with Crippen molar-refractivity contribution < 1.29 is 23.9 Å². The number of nitrogens with zero attached hydrogens (tertiary/aromatic N) is 1. The van der Waals surface area contributed by atoms with Crippen LogP contribution in [-0.4, -0.2) is 42.1 Å². The van der Waals surface area contributed by atoms with E-state index in [1.165, 1.54) is 0 Å². The Morgan fingerprint density at radius 3 is 2.71 bits per heavy atom. The summed E-state index contributed by atoms with van der Waals surface area (Å²) in [5, 5.41) is 5.31. The lowest BCUT2D eigenvalue weighted by atomic mass is 10.1. The summed E-state index contributed by atoms with van der Waals surface area (Å²) in [7, 11) is 0. The van der Waals surface area contributed by atoms with Crippen molar-refractivity contribution in [1.29, 1.82) is 0 Å².